The van der Waals surface area contributed by atoms with Crippen LogP contribution in [0.2, 0.25) is 0 Å². The van der Waals surface area contributed by atoms with Gasteiger partial charge in [0.05, 0.1) is 11.4 Å². The highest BCUT2D eigenvalue weighted by molar-refractivity contribution is 5.61. The number of anilines is 4. The highest BCUT2D eigenvalue weighted by atomic mass is 17.4. The zero-order chi connectivity index (χ0) is 42.2. The Labute approximate surface area is 329 Å². The maximum Gasteiger partial charge on any atom is 0.344 e. The molecule has 0 aliphatic rings. The molecule has 0 fully saturated rings. The first-order valence-corrected chi connectivity index (χ1v) is 17.4. The van der Waals surface area contributed by atoms with Gasteiger partial charge in [0.15, 0.2) is 0 Å². The van der Waals surface area contributed by atoms with Crippen LogP contribution in [0.15, 0.2) is 93.0 Å². The molecule has 0 saturated heterocycles. The van der Waals surface area contributed by atoms with Crippen molar-refractivity contribution in [1.82, 2.24) is 19.8 Å². The second-order valence-electron chi connectivity index (χ2n) is 12.7. The second kappa shape index (κ2) is 17.9. The summed E-state index contributed by atoms with van der Waals surface area (Å²) in [7, 11) is 5.89. The number of rotatable bonds is 16. The molecule has 4 rings (SSSR count). The maximum absolute atomic E-state index is 13.6. The van der Waals surface area contributed by atoms with Crippen molar-refractivity contribution in [3.05, 3.63) is 126 Å². The van der Waals surface area contributed by atoms with Crippen LogP contribution in [0.4, 0.5) is 22.7 Å². The van der Waals surface area contributed by atoms with Crippen LogP contribution in [0.5, 0.6) is 11.8 Å². The molecule has 2 aromatic carbocycles. The number of allylic oxidation sites excluding steroid dienone is 2. The Morgan fingerprint density at radius 2 is 1.02 bits per heavy atom. The van der Waals surface area contributed by atoms with Crippen molar-refractivity contribution in [2.75, 3.05) is 36.2 Å². The molecule has 19 heteroatoms. The summed E-state index contributed by atoms with van der Waals surface area (Å²) in [5, 5.41) is 30.1. The van der Waals surface area contributed by atoms with Crippen LogP contribution in [0.1, 0.15) is 36.1 Å². The summed E-state index contributed by atoms with van der Waals surface area (Å²) in [4.78, 5) is 53.6. The number of nitrogens with zero attached hydrogens (tertiary/aromatic N) is 5. The zero-order valence-electron chi connectivity index (χ0n) is 32.9. The molecule has 0 saturated carbocycles. The van der Waals surface area contributed by atoms with Gasteiger partial charge in [0.2, 0.25) is 12.5 Å². The van der Waals surface area contributed by atoms with Gasteiger partial charge in [-0.1, -0.05) is 36.4 Å². The summed E-state index contributed by atoms with van der Waals surface area (Å²) in [5.41, 5.74) is 26.4. The zero-order valence-corrected chi connectivity index (χ0v) is 32.9. The van der Waals surface area contributed by atoms with E-state index in [4.69, 9.17) is 42.3 Å². The van der Waals surface area contributed by atoms with Gasteiger partial charge in [-0.3, -0.25) is 18.7 Å². The lowest BCUT2D eigenvalue weighted by molar-refractivity contribution is -1.45. The van der Waals surface area contributed by atoms with Gasteiger partial charge in [0.1, 0.15) is 34.6 Å². The first-order chi connectivity index (χ1) is 27.0. The molecular weight excluding hydrogens is 735 g/mol. The van der Waals surface area contributed by atoms with Crippen LogP contribution in [0, 0.1) is 36.5 Å². The van der Waals surface area contributed by atoms with Gasteiger partial charge in [-0.05, 0) is 61.6 Å². The minimum absolute atomic E-state index is 0.0536. The summed E-state index contributed by atoms with van der Waals surface area (Å²) < 4.78 is 1.90. The van der Waals surface area contributed by atoms with E-state index in [-0.39, 0.29) is 45.0 Å². The Morgan fingerprint density at radius 3 is 1.32 bits per heavy atom. The third-order valence-electron chi connectivity index (χ3n) is 9.08. The van der Waals surface area contributed by atoms with E-state index in [0.29, 0.717) is 22.8 Å². The fourth-order valence-corrected chi connectivity index (χ4v) is 5.25. The van der Waals surface area contributed by atoms with E-state index >= 15 is 0 Å². The van der Waals surface area contributed by atoms with E-state index in [9.17, 15) is 20.1 Å². The van der Waals surface area contributed by atoms with Gasteiger partial charge in [0, 0.05) is 62.1 Å². The fourth-order valence-electron chi connectivity index (χ4n) is 5.25. The number of pyridine rings is 2. The van der Waals surface area contributed by atoms with Crippen LogP contribution in [-0.2, 0) is 23.8 Å². The molecule has 300 valence electrons. The lowest BCUT2D eigenvalue weighted by Gasteiger charge is -2.33. The number of hydrogen-bond donors (Lipinski definition) is 8. The second-order valence-corrected chi connectivity index (χ2v) is 12.7. The molecule has 4 aromatic rings. The number of para-hydroxylation sites is 2. The minimum Gasteiger partial charge on any atom is -0.397 e. The highest BCUT2D eigenvalue weighted by Gasteiger charge is 2.52. The summed E-state index contributed by atoms with van der Waals surface area (Å²) in [5.74, 6) is -0.828. The molecule has 2 aromatic heterocycles. The fraction of sp³-hybridized carbons (Fsp3) is 0.263. The molecule has 12 N–H and O–H groups in total. The third-order valence-corrected chi connectivity index (χ3v) is 9.08. The number of nitrogen functional groups attached to an aromatic ring is 2. The van der Waals surface area contributed by atoms with E-state index in [1.54, 1.807) is 88.6 Å². The number of aromatic nitrogens is 2. The predicted molar refractivity (Wildman–Crippen MR) is 214 cm³/mol. The average Bonchev–Trinajstić information content (AvgIpc) is 3.22. The summed E-state index contributed by atoms with van der Waals surface area (Å²) in [6, 6.07) is 21.4. The number of nitrogens with two attached hydrogens (primary N) is 4. The van der Waals surface area contributed by atoms with Gasteiger partial charge in [-0.25, -0.2) is 0 Å². The Kier molecular flexibility index (Phi) is 13.3. The average molecular weight is 783 g/mol. The van der Waals surface area contributed by atoms with Crippen molar-refractivity contribution < 1.29 is 24.5 Å². The van der Waals surface area contributed by atoms with Crippen molar-refractivity contribution in [3.63, 3.8) is 0 Å². The lowest BCUT2D eigenvalue weighted by Crippen LogP contribution is -2.61. The van der Waals surface area contributed by atoms with Crippen molar-refractivity contribution >= 4 is 22.7 Å². The van der Waals surface area contributed by atoms with Gasteiger partial charge >= 0.3 is 16.9 Å². The van der Waals surface area contributed by atoms with Crippen molar-refractivity contribution in [1.29, 1.82) is 10.5 Å². The molecule has 0 bridgehead atoms. The molecule has 2 heterocycles. The summed E-state index contributed by atoms with van der Waals surface area (Å²) >= 11 is 0. The van der Waals surface area contributed by atoms with E-state index in [1.807, 2.05) is 12.1 Å². The number of benzene rings is 2. The molecule has 0 amide bonds. The first kappa shape index (κ1) is 42.4. The van der Waals surface area contributed by atoms with Crippen molar-refractivity contribution in [3.8, 4) is 23.9 Å². The SMILES string of the molecule is CNC(C)=C(N)C(Nc1ccccc1)O[N+](Oc1c(N)c(C)c(C#N)c(=O)n1C)(Oc1c(N)c(C)c(C#N)c(=O)n1C)OC(Nc1ccccc1)C(N)=C(C)NC. The Bertz CT molecular complexity index is 2210. The van der Waals surface area contributed by atoms with Gasteiger partial charge < -0.3 is 44.2 Å². The van der Waals surface area contributed by atoms with Crippen LogP contribution < -0.4 is 65.0 Å². The van der Waals surface area contributed by atoms with E-state index in [2.05, 4.69) is 21.3 Å². The molecule has 0 radical (unpaired) electrons. The minimum atomic E-state index is -1.96. The largest absolute Gasteiger partial charge is 0.397 e. The normalized spacial score (nSPS) is 13.2. The van der Waals surface area contributed by atoms with E-state index in [1.165, 1.54) is 27.9 Å². The lowest BCUT2D eigenvalue weighted by atomic mass is 10.1. The summed E-state index contributed by atoms with van der Waals surface area (Å²) in [6.45, 7) is 6.28. The van der Waals surface area contributed by atoms with Crippen LogP contribution in [-0.4, -0.2) is 40.8 Å². The molecule has 0 aliphatic heterocycles. The quantitative estimate of drug-likeness (QED) is 0.0460. The highest BCUT2D eigenvalue weighted by Crippen LogP contribution is 2.35. The van der Waals surface area contributed by atoms with E-state index < -0.39 is 40.5 Å². The Morgan fingerprint density at radius 1 is 0.684 bits per heavy atom. The molecule has 0 spiro atoms. The molecule has 19 nitrogen and oxygen atoms in total. The maximum atomic E-state index is 13.6. The van der Waals surface area contributed by atoms with Crippen molar-refractivity contribution in [2.24, 2.45) is 25.6 Å². The topological polar surface area (TPSA) is 281 Å². The molecule has 0 aliphatic carbocycles. The molecular formula is C38H48N13O6+. The van der Waals surface area contributed by atoms with Crippen LogP contribution in [0.3, 0.4) is 0 Å². The smallest absolute Gasteiger partial charge is 0.344 e. The Balaban J connectivity index is 2.18. The first-order valence-electron chi connectivity index (χ1n) is 17.4. The number of hydrogen-bond acceptors (Lipinski definition) is 16. The van der Waals surface area contributed by atoms with Crippen LogP contribution in [0.25, 0.3) is 0 Å². The summed E-state index contributed by atoms with van der Waals surface area (Å²) in [6.07, 6.45) is -2.88. The number of quaternary nitrogens is 1. The molecule has 57 heavy (non-hydrogen) atoms. The number of nitriles is 2. The Hall–Kier alpha value is -7.32. The predicted octanol–water partition coefficient (Wildman–Crippen LogP) is 2.27. The van der Waals surface area contributed by atoms with Crippen molar-refractivity contribution in [2.45, 2.75) is 40.2 Å². The van der Waals surface area contributed by atoms with Gasteiger partial charge in [0.25, 0.3) is 11.1 Å². The number of nitrogens with one attached hydrogen (secondary N) is 4. The third kappa shape index (κ3) is 8.98. The standard InChI is InChI=1S/C38H48N13O6/c1-21-27(19-39)35(52)49(7)37(29(21)41)56-51(57-38-30(42)22(2)28(20-40)36(53)50(38)8,54-33(31(43)23(3)45-5)47-25-15-11-9-12-16-25)55-34(32(44)24(4)46-6)48-26-17-13-10-14-18-26/h9-18,33-34,45-48H,41-44H2,1-8H3/q+1. The molecule has 2 atom stereocenters. The van der Waals surface area contributed by atoms with Gasteiger partial charge in [-0.2, -0.15) is 20.2 Å². The van der Waals surface area contributed by atoms with Crippen LogP contribution >= 0.6 is 0 Å². The van der Waals surface area contributed by atoms with E-state index in [0.717, 1.165) is 9.13 Å². The van der Waals surface area contributed by atoms with Gasteiger partial charge in [-0.15, -0.1) is 0 Å². The monoisotopic (exact) mass is 782 g/mol. The molecule has 2 unspecified atom stereocenters.